The van der Waals surface area contributed by atoms with E-state index >= 15 is 0 Å². The van der Waals surface area contributed by atoms with Gasteiger partial charge in [-0.05, 0) is 35.9 Å². The molecule has 35 heavy (non-hydrogen) atoms. The largest absolute Gasteiger partial charge is 0.467 e. The van der Waals surface area contributed by atoms with Crippen LogP contribution in [-0.4, -0.2) is 34.8 Å². The average Bonchev–Trinajstić information content (AvgIpc) is 3.63. The Morgan fingerprint density at radius 2 is 1.77 bits per heavy atom. The lowest BCUT2D eigenvalue weighted by molar-refractivity contribution is -0.118. The first-order chi connectivity index (χ1) is 17.1. The number of nitrogens with zero attached hydrogens (tertiary/aromatic N) is 2. The molecule has 10 nitrogen and oxygen atoms in total. The predicted octanol–water partition coefficient (Wildman–Crippen LogP) is 2.90. The van der Waals surface area contributed by atoms with Crippen LogP contribution in [0.5, 0.6) is 23.0 Å². The minimum absolute atomic E-state index is 0.0746. The molecule has 0 bridgehead atoms. The first-order valence-corrected chi connectivity index (χ1v) is 11.8. The number of nitrogens with one attached hydrogen (secondary N) is 1. The molecule has 6 rings (SSSR count). The standard InChI is InChI=1S/C24H19N3O7S/c28-22(25-9-14-3-4-18-19(6-14)32-12-31-18)11-35-24-26-17-8-21-20(33-13-34-21)7-16(17)23(29)27(24)10-15-2-1-5-30-15/h1-8H,9-13H2,(H,25,28). The molecule has 11 heteroatoms. The highest BCUT2D eigenvalue weighted by Gasteiger charge is 2.20. The number of carbonyl (C=O) groups is 1. The van der Waals surface area contributed by atoms with E-state index in [1.54, 1.807) is 30.5 Å². The molecule has 0 unspecified atom stereocenters. The molecular weight excluding hydrogens is 474 g/mol. The molecule has 0 saturated heterocycles. The summed E-state index contributed by atoms with van der Waals surface area (Å²) in [7, 11) is 0. The molecule has 0 atom stereocenters. The van der Waals surface area contributed by atoms with Crippen LogP contribution >= 0.6 is 11.8 Å². The zero-order valence-electron chi connectivity index (χ0n) is 18.3. The fourth-order valence-electron chi connectivity index (χ4n) is 3.83. The van der Waals surface area contributed by atoms with Crippen molar-refractivity contribution >= 4 is 28.6 Å². The maximum atomic E-state index is 13.4. The van der Waals surface area contributed by atoms with Crippen molar-refractivity contribution in [2.45, 2.75) is 18.2 Å². The molecule has 4 aromatic rings. The second-order valence-corrected chi connectivity index (χ2v) is 8.78. The summed E-state index contributed by atoms with van der Waals surface area (Å²) in [5, 5.41) is 3.68. The minimum atomic E-state index is -0.257. The summed E-state index contributed by atoms with van der Waals surface area (Å²) in [6, 6.07) is 12.4. The SMILES string of the molecule is O=C(CSc1nc2cc3c(cc2c(=O)n1Cc1ccco1)OCO3)NCc1ccc2c(c1)OCO2. The van der Waals surface area contributed by atoms with Crippen LogP contribution in [0.4, 0.5) is 0 Å². The number of ether oxygens (including phenoxy) is 4. The predicted molar refractivity (Wildman–Crippen MR) is 125 cm³/mol. The van der Waals surface area contributed by atoms with Gasteiger partial charge < -0.3 is 28.7 Å². The molecule has 1 amide bonds. The summed E-state index contributed by atoms with van der Waals surface area (Å²) >= 11 is 1.18. The second-order valence-electron chi connectivity index (χ2n) is 7.84. The highest BCUT2D eigenvalue weighted by Crippen LogP contribution is 2.35. The summed E-state index contributed by atoms with van der Waals surface area (Å²) < 4.78 is 28.5. The molecule has 2 aliphatic heterocycles. The van der Waals surface area contributed by atoms with Crippen LogP contribution in [0.3, 0.4) is 0 Å². The van der Waals surface area contributed by atoms with Gasteiger partial charge in [0.05, 0.1) is 29.5 Å². The third-order valence-electron chi connectivity index (χ3n) is 5.57. The molecule has 2 aromatic heterocycles. The molecule has 0 radical (unpaired) electrons. The third kappa shape index (κ3) is 4.26. The molecule has 0 aliphatic carbocycles. The minimum Gasteiger partial charge on any atom is -0.467 e. The lowest BCUT2D eigenvalue weighted by Crippen LogP contribution is -2.27. The van der Waals surface area contributed by atoms with Crippen molar-refractivity contribution in [2.75, 3.05) is 19.3 Å². The zero-order chi connectivity index (χ0) is 23.8. The van der Waals surface area contributed by atoms with Gasteiger partial charge >= 0.3 is 0 Å². The summed E-state index contributed by atoms with van der Waals surface area (Å²) in [6.07, 6.45) is 1.54. The number of furan rings is 1. The third-order valence-corrected chi connectivity index (χ3v) is 6.54. The lowest BCUT2D eigenvalue weighted by atomic mass is 10.2. The van der Waals surface area contributed by atoms with Gasteiger partial charge in [-0.15, -0.1) is 0 Å². The molecule has 1 N–H and O–H groups in total. The monoisotopic (exact) mass is 493 g/mol. The van der Waals surface area contributed by atoms with Crippen LogP contribution in [0.15, 0.2) is 63.1 Å². The van der Waals surface area contributed by atoms with Crippen LogP contribution in [0.25, 0.3) is 10.9 Å². The molecule has 0 spiro atoms. The van der Waals surface area contributed by atoms with Crippen molar-refractivity contribution in [3.63, 3.8) is 0 Å². The number of aromatic nitrogens is 2. The van der Waals surface area contributed by atoms with Crippen molar-refractivity contribution in [2.24, 2.45) is 0 Å². The number of benzene rings is 2. The second kappa shape index (κ2) is 8.91. The Morgan fingerprint density at radius 3 is 2.57 bits per heavy atom. The maximum Gasteiger partial charge on any atom is 0.262 e. The summed E-state index contributed by atoms with van der Waals surface area (Å²) in [5.41, 5.74) is 1.11. The molecule has 0 fully saturated rings. The van der Waals surface area contributed by atoms with E-state index in [4.69, 9.17) is 23.4 Å². The van der Waals surface area contributed by atoms with E-state index in [0.717, 1.165) is 5.56 Å². The van der Waals surface area contributed by atoms with Crippen LogP contribution in [0, 0.1) is 0 Å². The summed E-state index contributed by atoms with van der Waals surface area (Å²) in [5.74, 6) is 2.87. The molecule has 4 heterocycles. The van der Waals surface area contributed by atoms with Gasteiger partial charge in [-0.1, -0.05) is 17.8 Å². The number of amides is 1. The molecule has 2 aliphatic rings. The van der Waals surface area contributed by atoms with Crippen molar-refractivity contribution in [3.8, 4) is 23.0 Å². The molecule has 2 aromatic carbocycles. The highest BCUT2D eigenvalue weighted by atomic mass is 32.2. The smallest absolute Gasteiger partial charge is 0.262 e. The first-order valence-electron chi connectivity index (χ1n) is 10.8. The van der Waals surface area contributed by atoms with Crippen molar-refractivity contribution in [1.29, 1.82) is 0 Å². The Kier molecular flexibility index (Phi) is 5.45. The van der Waals surface area contributed by atoms with Gasteiger partial charge in [0.2, 0.25) is 19.5 Å². The van der Waals surface area contributed by atoms with Crippen molar-refractivity contribution in [3.05, 3.63) is 70.4 Å². The van der Waals surface area contributed by atoms with Crippen LogP contribution in [-0.2, 0) is 17.9 Å². The van der Waals surface area contributed by atoms with E-state index in [1.807, 2.05) is 18.2 Å². The summed E-state index contributed by atoms with van der Waals surface area (Å²) in [4.78, 5) is 30.6. The first kappa shape index (κ1) is 21.4. The van der Waals surface area contributed by atoms with Gasteiger partial charge in [0.15, 0.2) is 28.2 Å². The van der Waals surface area contributed by atoms with Crippen LogP contribution in [0.2, 0.25) is 0 Å². The van der Waals surface area contributed by atoms with Gasteiger partial charge in [0.1, 0.15) is 5.76 Å². The van der Waals surface area contributed by atoms with Gasteiger partial charge in [-0.2, -0.15) is 0 Å². The quantitative estimate of drug-likeness (QED) is 0.307. The Morgan fingerprint density at radius 1 is 1.00 bits per heavy atom. The molecule has 0 saturated carbocycles. The highest BCUT2D eigenvalue weighted by molar-refractivity contribution is 7.99. The van der Waals surface area contributed by atoms with Gasteiger partial charge in [0.25, 0.3) is 5.56 Å². The van der Waals surface area contributed by atoms with Gasteiger partial charge in [0, 0.05) is 12.6 Å². The van der Waals surface area contributed by atoms with Gasteiger partial charge in [-0.25, -0.2) is 4.98 Å². The Balaban J connectivity index is 1.22. The number of hydrogen-bond donors (Lipinski definition) is 1. The number of thioether (sulfide) groups is 1. The van der Waals surface area contributed by atoms with E-state index in [1.165, 1.54) is 16.3 Å². The van der Waals surface area contributed by atoms with E-state index in [0.29, 0.717) is 51.4 Å². The number of carbonyl (C=O) groups excluding carboxylic acids is 1. The van der Waals surface area contributed by atoms with Crippen molar-refractivity contribution < 1.29 is 28.2 Å². The number of fused-ring (bicyclic) bond motifs is 3. The zero-order valence-corrected chi connectivity index (χ0v) is 19.1. The van der Waals surface area contributed by atoms with Crippen LogP contribution in [0.1, 0.15) is 11.3 Å². The fraction of sp³-hybridized carbons (Fsp3) is 0.208. The Hall–Kier alpha value is -4.12. The maximum absolute atomic E-state index is 13.4. The van der Waals surface area contributed by atoms with Crippen LogP contribution < -0.4 is 29.8 Å². The van der Waals surface area contributed by atoms with E-state index in [2.05, 4.69) is 10.3 Å². The van der Waals surface area contributed by atoms with E-state index in [-0.39, 0.29) is 37.3 Å². The fourth-order valence-corrected chi connectivity index (χ4v) is 4.66. The van der Waals surface area contributed by atoms with Crippen molar-refractivity contribution in [1.82, 2.24) is 14.9 Å². The Bertz CT molecular complexity index is 1480. The average molecular weight is 493 g/mol. The number of hydrogen-bond acceptors (Lipinski definition) is 9. The summed E-state index contributed by atoms with van der Waals surface area (Å²) in [6.45, 7) is 0.813. The van der Waals surface area contributed by atoms with E-state index < -0.39 is 0 Å². The Labute approximate surface area is 202 Å². The van der Waals surface area contributed by atoms with E-state index in [9.17, 15) is 9.59 Å². The van der Waals surface area contributed by atoms with Gasteiger partial charge in [-0.3, -0.25) is 14.2 Å². The topological polar surface area (TPSA) is 114 Å². The normalized spacial score (nSPS) is 13.4. The lowest BCUT2D eigenvalue weighted by Gasteiger charge is -2.13. The molecular formula is C24H19N3O7S. The molecule has 178 valence electrons. The number of rotatable bonds is 7.